The maximum atomic E-state index is 3.70. The first kappa shape index (κ1) is 12.0. The lowest BCUT2D eigenvalue weighted by atomic mass is 9.97. The van der Waals surface area contributed by atoms with E-state index in [-0.39, 0.29) is 0 Å². The summed E-state index contributed by atoms with van der Waals surface area (Å²) in [7, 11) is 0. The van der Waals surface area contributed by atoms with Crippen LogP contribution in [-0.4, -0.2) is 12.3 Å². The molecule has 1 aliphatic rings. The van der Waals surface area contributed by atoms with Crippen molar-refractivity contribution in [2.24, 2.45) is 11.8 Å². The molecular weight excluding hydrogens is 214 g/mol. The predicted octanol–water partition coefficient (Wildman–Crippen LogP) is 3.72. The fourth-order valence-corrected chi connectivity index (χ4v) is 3.09. The zero-order valence-corrected chi connectivity index (χ0v) is 11.2. The molecule has 16 heavy (non-hydrogen) atoms. The van der Waals surface area contributed by atoms with Crippen molar-refractivity contribution in [1.82, 2.24) is 5.32 Å². The molecule has 1 aromatic carbocycles. The Morgan fingerprint density at radius 1 is 1.31 bits per heavy atom. The van der Waals surface area contributed by atoms with E-state index in [1.54, 1.807) is 0 Å². The molecule has 0 aliphatic carbocycles. The summed E-state index contributed by atoms with van der Waals surface area (Å²) in [4.78, 5) is 1.46. The van der Waals surface area contributed by atoms with Crippen molar-refractivity contribution < 1.29 is 0 Å². The standard InChI is InChI=1S/C14H21NS/c1-10(2)11(3)8-15-13-9-16-14-7-5-4-6-12(13)14/h4-7,10-11,13,15H,8-9H2,1-3H3. The monoisotopic (exact) mass is 235 g/mol. The summed E-state index contributed by atoms with van der Waals surface area (Å²) in [5, 5.41) is 3.70. The first-order chi connectivity index (χ1) is 7.68. The van der Waals surface area contributed by atoms with Gasteiger partial charge in [0, 0.05) is 16.7 Å². The van der Waals surface area contributed by atoms with Crippen LogP contribution in [-0.2, 0) is 0 Å². The number of fused-ring (bicyclic) bond motifs is 1. The first-order valence-electron chi connectivity index (χ1n) is 6.13. The van der Waals surface area contributed by atoms with Gasteiger partial charge in [-0.15, -0.1) is 11.8 Å². The molecule has 1 nitrogen and oxygen atoms in total. The van der Waals surface area contributed by atoms with Gasteiger partial charge >= 0.3 is 0 Å². The predicted molar refractivity (Wildman–Crippen MR) is 71.9 cm³/mol. The summed E-state index contributed by atoms with van der Waals surface area (Å²) in [6.07, 6.45) is 0. The van der Waals surface area contributed by atoms with Crippen LogP contribution in [0.25, 0.3) is 0 Å². The van der Waals surface area contributed by atoms with Crippen molar-refractivity contribution in [1.29, 1.82) is 0 Å². The highest BCUT2D eigenvalue weighted by molar-refractivity contribution is 7.99. The van der Waals surface area contributed by atoms with E-state index in [9.17, 15) is 0 Å². The van der Waals surface area contributed by atoms with Gasteiger partial charge in [0.2, 0.25) is 0 Å². The molecule has 2 unspecified atom stereocenters. The molecule has 2 atom stereocenters. The molecule has 0 bridgehead atoms. The van der Waals surface area contributed by atoms with Crippen LogP contribution in [0.3, 0.4) is 0 Å². The number of thioether (sulfide) groups is 1. The second-order valence-electron chi connectivity index (χ2n) is 5.03. The highest BCUT2D eigenvalue weighted by Crippen LogP contribution is 2.37. The molecule has 0 spiro atoms. The third-order valence-corrected chi connectivity index (χ3v) is 4.71. The van der Waals surface area contributed by atoms with Crippen molar-refractivity contribution in [3.8, 4) is 0 Å². The SMILES string of the molecule is CC(C)C(C)CNC1CSc2ccccc21. The molecule has 0 fully saturated rings. The van der Waals surface area contributed by atoms with Crippen LogP contribution in [0.1, 0.15) is 32.4 Å². The Morgan fingerprint density at radius 3 is 2.81 bits per heavy atom. The molecule has 88 valence electrons. The molecular formula is C14H21NS. The van der Waals surface area contributed by atoms with Crippen LogP contribution in [0.2, 0.25) is 0 Å². The van der Waals surface area contributed by atoms with Crippen molar-refractivity contribution >= 4 is 11.8 Å². The van der Waals surface area contributed by atoms with Crippen LogP contribution in [0.4, 0.5) is 0 Å². The average Bonchev–Trinajstić information content (AvgIpc) is 2.69. The zero-order valence-electron chi connectivity index (χ0n) is 10.4. The first-order valence-corrected chi connectivity index (χ1v) is 7.12. The Kier molecular flexibility index (Phi) is 3.93. The van der Waals surface area contributed by atoms with Gasteiger partial charge in [0.25, 0.3) is 0 Å². The summed E-state index contributed by atoms with van der Waals surface area (Å²) >= 11 is 1.97. The normalized spacial score (nSPS) is 21.1. The van der Waals surface area contributed by atoms with Crippen LogP contribution in [0.15, 0.2) is 29.2 Å². The van der Waals surface area contributed by atoms with Crippen molar-refractivity contribution in [2.75, 3.05) is 12.3 Å². The largest absolute Gasteiger partial charge is 0.309 e. The lowest BCUT2D eigenvalue weighted by Gasteiger charge is -2.20. The van der Waals surface area contributed by atoms with Gasteiger partial charge in [0.1, 0.15) is 0 Å². The lowest BCUT2D eigenvalue weighted by molar-refractivity contribution is 0.377. The summed E-state index contributed by atoms with van der Waals surface area (Å²) in [5.74, 6) is 2.69. The molecule has 0 saturated heterocycles. The number of nitrogens with one attached hydrogen (secondary N) is 1. The summed E-state index contributed by atoms with van der Waals surface area (Å²) in [5.41, 5.74) is 1.49. The van der Waals surface area contributed by atoms with Crippen molar-refractivity contribution in [3.63, 3.8) is 0 Å². The van der Waals surface area contributed by atoms with Gasteiger partial charge in [-0.05, 0) is 30.0 Å². The fourth-order valence-electron chi connectivity index (χ4n) is 1.90. The summed E-state index contributed by atoms with van der Waals surface area (Å²) < 4.78 is 0. The minimum atomic E-state index is 0.558. The van der Waals surface area contributed by atoms with Gasteiger partial charge in [-0.2, -0.15) is 0 Å². The molecule has 1 aliphatic heterocycles. The number of hydrogen-bond acceptors (Lipinski definition) is 2. The van der Waals surface area contributed by atoms with E-state index in [2.05, 4.69) is 50.4 Å². The van der Waals surface area contributed by atoms with Crippen LogP contribution >= 0.6 is 11.8 Å². The second-order valence-corrected chi connectivity index (χ2v) is 6.09. The zero-order chi connectivity index (χ0) is 11.5. The highest BCUT2D eigenvalue weighted by atomic mass is 32.2. The van der Waals surface area contributed by atoms with E-state index in [1.165, 1.54) is 16.2 Å². The average molecular weight is 235 g/mol. The van der Waals surface area contributed by atoms with Crippen molar-refractivity contribution in [3.05, 3.63) is 29.8 Å². The maximum Gasteiger partial charge on any atom is 0.0426 e. The Hall–Kier alpha value is -0.470. The van der Waals surface area contributed by atoms with E-state index in [4.69, 9.17) is 0 Å². The number of benzene rings is 1. The van der Waals surface area contributed by atoms with Gasteiger partial charge in [0.15, 0.2) is 0 Å². The second kappa shape index (κ2) is 5.24. The summed E-state index contributed by atoms with van der Waals surface area (Å²) in [6, 6.07) is 9.32. The summed E-state index contributed by atoms with van der Waals surface area (Å²) in [6.45, 7) is 8.04. The van der Waals surface area contributed by atoms with Gasteiger partial charge in [0.05, 0.1) is 0 Å². The van der Waals surface area contributed by atoms with E-state index in [0.29, 0.717) is 6.04 Å². The molecule has 0 radical (unpaired) electrons. The Morgan fingerprint density at radius 2 is 2.06 bits per heavy atom. The molecule has 0 aromatic heterocycles. The molecule has 1 aromatic rings. The van der Waals surface area contributed by atoms with E-state index >= 15 is 0 Å². The minimum absolute atomic E-state index is 0.558. The number of rotatable bonds is 4. The molecule has 1 heterocycles. The van der Waals surface area contributed by atoms with E-state index in [0.717, 1.165) is 18.4 Å². The Bertz CT molecular complexity index is 348. The Balaban J connectivity index is 1.93. The molecule has 2 rings (SSSR count). The smallest absolute Gasteiger partial charge is 0.0426 e. The van der Waals surface area contributed by atoms with E-state index < -0.39 is 0 Å². The maximum absolute atomic E-state index is 3.70. The van der Waals surface area contributed by atoms with Crippen LogP contribution < -0.4 is 5.32 Å². The Labute approximate surface area is 103 Å². The molecule has 0 saturated carbocycles. The third kappa shape index (κ3) is 2.61. The molecule has 0 amide bonds. The van der Waals surface area contributed by atoms with Gasteiger partial charge in [-0.25, -0.2) is 0 Å². The van der Waals surface area contributed by atoms with Crippen molar-refractivity contribution in [2.45, 2.75) is 31.7 Å². The molecule has 1 N–H and O–H groups in total. The topological polar surface area (TPSA) is 12.0 Å². The van der Waals surface area contributed by atoms with E-state index in [1.807, 2.05) is 11.8 Å². The van der Waals surface area contributed by atoms with Gasteiger partial charge < -0.3 is 5.32 Å². The quantitative estimate of drug-likeness (QED) is 0.853. The lowest BCUT2D eigenvalue weighted by Crippen LogP contribution is -2.28. The third-order valence-electron chi connectivity index (χ3n) is 3.52. The van der Waals surface area contributed by atoms with Crippen LogP contribution in [0, 0.1) is 11.8 Å². The highest BCUT2D eigenvalue weighted by Gasteiger charge is 2.22. The minimum Gasteiger partial charge on any atom is -0.309 e. The fraction of sp³-hybridized carbons (Fsp3) is 0.571. The van der Waals surface area contributed by atoms with Gasteiger partial charge in [-0.1, -0.05) is 39.0 Å². The van der Waals surface area contributed by atoms with Gasteiger partial charge in [-0.3, -0.25) is 0 Å². The number of hydrogen-bond donors (Lipinski definition) is 1. The van der Waals surface area contributed by atoms with Crippen LogP contribution in [0.5, 0.6) is 0 Å². The molecule has 2 heteroatoms.